The van der Waals surface area contributed by atoms with Crippen molar-refractivity contribution in [3.05, 3.63) is 23.3 Å². The lowest BCUT2D eigenvalue weighted by Crippen LogP contribution is -2.28. The van der Waals surface area contributed by atoms with Crippen LogP contribution in [0.3, 0.4) is 0 Å². The summed E-state index contributed by atoms with van der Waals surface area (Å²) < 4.78 is 81.2. The summed E-state index contributed by atoms with van der Waals surface area (Å²) in [6, 6.07) is 0. The molecule has 0 radical (unpaired) electrons. The number of alkyl halides is 6. The lowest BCUT2D eigenvalue weighted by molar-refractivity contribution is -0.246. The van der Waals surface area contributed by atoms with Crippen LogP contribution in [0.25, 0.3) is 0 Å². The van der Waals surface area contributed by atoms with E-state index in [1.165, 1.54) is 0 Å². The highest BCUT2D eigenvalue weighted by Gasteiger charge is 2.32. The van der Waals surface area contributed by atoms with Crippen molar-refractivity contribution < 1.29 is 35.8 Å². The van der Waals surface area contributed by atoms with Crippen molar-refractivity contribution in [3.8, 4) is 0 Å². The van der Waals surface area contributed by atoms with Crippen LogP contribution in [-0.2, 0) is 9.47 Å². The molecule has 2 nitrogen and oxygen atoms in total. The molecule has 0 aromatic rings. The quantitative estimate of drug-likeness (QED) is 0.347. The third-order valence-corrected chi connectivity index (χ3v) is 2.33. The summed E-state index contributed by atoms with van der Waals surface area (Å²) in [6.45, 7) is 2.03. The van der Waals surface area contributed by atoms with Gasteiger partial charge in [0.2, 0.25) is 0 Å². The van der Waals surface area contributed by atoms with Crippen LogP contribution in [0.4, 0.5) is 26.3 Å². The fraction of sp³-hybridized carbons (Fsp3) is 0.714. The van der Waals surface area contributed by atoms with E-state index in [1.54, 1.807) is 6.92 Å². The smallest absolute Gasteiger partial charge is 0.340 e. The van der Waals surface area contributed by atoms with Gasteiger partial charge in [0.1, 0.15) is 13.2 Å². The molecular formula is C14H20F6O2. The molecule has 0 spiro atoms. The molecule has 0 bridgehead atoms. The minimum atomic E-state index is -4.64. The van der Waals surface area contributed by atoms with Crippen molar-refractivity contribution in [2.75, 3.05) is 13.2 Å². The Morgan fingerprint density at radius 1 is 0.909 bits per heavy atom. The van der Waals surface area contributed by atoms with Crippen molar-refractivity contribution in [1.29, 1.82) is 0 Å². The first-order valence-corrected chi connectivity index (χ1v) is 6.56. The zero-order valence-corrected chi connectivity index (χ0v) is 12.6. The monoisotopic (exact) mass is 334 g/mol. The van der Waals surface area contributed by atoms with E-state index < -0.39 is 31.9 Å². The highest BCUT2D eigenvalue weighted by Crippen LogP contribution is 2.20. The van der Waals surface area contributed by atoms with Crippen molar-refractivity contribution in [2.45, 2.75) is 52.3 Å². The van der Waals surface area contributed by atoms with Gasteiger partial charge in [-0.05, 0) is 39.7 Å². The summed E-state index contributed by atoms with van der Waals surface area (Å²) in [7, 11) is 0. The van der Waals surface area contributed by atoms with Gasteiger partial charge in [-0.3, -0.25) is 0 Å². The van der Waals surface area contributed by atoms with E-state index in [0.717, 1.165) is 11.6 Å². The van der Waals surface area contributed by atoms with E-state index in [1.807, 2.05) is 19.9 Å². The second-order valence-corrected chi connectivity index (χ2v) is 5.05. The van der Waals surface area contributed by atoms with Crippen molar-refractivity contribution in [2.24, 2.45) is 0 Å². The minimum absolute atomic E-state index is 0.492. The number of halogens is 6. The summed E-state index contributed by atoms with van der Waals surface area (Å²) in [5, 5.41) is 0. The molecule has 0 atom stereocenters. The Balaban J connectivity index is 4.64. The van der Waals surface area contributed by atoms with E-state index >= 15 is 0 Å². The topological polar surface area (TPSA) is 18.5 Å². The van der Waals surface area contributed by atoms with Gasteiger partial charge in [0.25, 0.3) is 0 Å². The highest BCUT2D eigenvalue weighted by atomic mass is 19.4. The summed E-state index contributed by atoms with van der Waals surface area (Å²) >= 11 is 0. The number of hydrogen-bond acceptors (Lipinski definition) is 2. The molecule has 0 aromatic heterocycles. The first-order valence-electron chi connectivity index (χ1n) is 6.56. The largest absolute Gasteiger partial charge is 0.411 e. The van der Waals surface area contributed by atoms with Crippen LogP contribution in [0.2, 0.25) is 0 Å². The SMILES string of the molecule is CC(C)=CCCC(C)=CC(OCC(F)(F)F)OCC(F)(F)F. The van der Waals surface area contributed by atoms with E-state index in [-0.39, 0.29) is 0 Å². The number of hydrogen-bond donors (Lipinski definition) is 0. The van der Waals surface area contributed by atoms with Gasteiger partial charge < -0.3 is 9.47 Å². The van der Waals surface area contributed by atoms with Gasteiger partial charge in [-0.25, -0.2) is 0 Å². The molecule has 0 unspecified atom stereocenters. The molecule has 0 saturated carbocycles. The zero-order valence-electron chi connectivity index (χ0n) is 12.6. The lowest BCUT2D eigenvalue weighted by atomic mass is 10.1. The summed E-state index contributed by atoms with van der Waals surface area (Å²) in [4.78, 5) is 0. The molecule has 0 N–H and O–H groups in total. The average Bonchev–Trinajstić information content (AvgIpc) is 2.30. The molecule has 0 aliphatic carbocycles. The molecule has 0 rings (SSSR count). The van der Waals surface area contributed by atoms with E-state index in [9.17, 15) is 26.3 Å². The van der Waals surface area contributed by atoms with Gasteiger partial charge in [-0.15, -0.1) is 0 Å². The zero-order chi connectivity index (χ0) is 17.4. The molecule has 0 amide bonds. The molecule has 0 aliphatic heterocycles. The Bertz CT molecular complexity index is 360. The molecule has 0 aromatic carbocycles. The van der Waals surface area contributed by atoms with Gasteiger partial charge in [-0.2, -0.15) is 26.3 Å². The number of rotatable bonds is 8. The van der Waals surface area contributed by atoms with Gasteiger partial charge in [0.05, 0.1) is 0 Å². The predicted octanol–water partition coefficient (Wildman–Crippen LogP) is 5.16. The summed E-state index contributed by atoms with van der Waals surface area (Å²) in [6.07, 6.45) is -6.78. The first kappa shape index (κ1) is 21.0. The van der Waals surface area contributed by atoms with Gasteiger partial charge >= 0.3 is 12.4 Å². The van der Waals surface area contributed by atoms with Crippen molar-refractivity contribution >= 4 is 0 Å². The Morgan fingerprint density at radius 2 is 1.36 bits per heavy atom. The molecule has 130 valence electrons. The highest BCUT2D eigenvalue weighted by molar-refractivity contribution is 5.03. The maximum absolute atomic E-state index is 12.1. The second-order valence-electron chi connectivity index (χ2n) is 5.05. The molecule has 0 fully saturated rings. The maximum Gasteiger partial charge on any atom is 0.411 e. The van der Waals surface area contributed by atoms with E-state index in [0.29, 0.717) is 18.4 Å². The summed E-state index contributed by atoms with van der Waals surface area (Å²) in [5.41, 5.74) is 1.66. The third kappa shape index (κ3) is 13.9. The third-order valence-electron chi connectivity index (χ3n) is 2.33. The lowest BCUT2D eigenvalue weighted by Gasteiger charge is -2.18. The standard InChI is InChI=1S/C14H20F6O2/c1-10(2)5-4-6-11(3)7-12(21-8-13(15,16)17)22-9-14(18,19)20/h5,7,12H,4,6,8-9H2,1-3H3. The molecule has 0 saturated heterocycles. The molecule has 0 aliphatic rings. The van der Waals surface area contributed by atoms with Crippen LogP contribution in [-0.4, -0.2) is 31.9 Å². The van der Waals surface area contributed by atoms with Crippen molar-refractivity contribution in [1.82, 2.24) is 0 Å². The number of ether oxygens (including phenoxy) is 2. The van der Waals surface area contributed by atoms with Gasteiger partial charge in [0, 0.05) is 0 Å². The van der Waals surface area contributed by atoms with Crippen molar-refractivity contribution in [3.63, 3.8) is 0 Å². The van der Waals surface area contributed by atoms with Crippen LogP contribution in [0, 0.1) is 0 Å². The van der Waals surface area contributed by atoms with E-state index in [4.69, 9.17) is 0 Å². The van der Waals surface area contributed by atoms with Gasteiger partial charge in [0.15, 0.2) is 6.29 Å². The fourth-order valence-electron chi connectivity index (χ4n) is 1.40. The first-order chi connectivity index (χ1) is 9.89. The predicted molar refractivity (Wildman–Crippen MR) is 70.2 cm³/mol. The van der Waals surface area contributed by atoms with Crippen LogP contribution >= 0.6 is 0 Å². The summed E-state index contributed by atoms with van der Waals surface area (Å²) in [5.74, 6) is 0. The fourth-order valence-corrected chi connectivity index (χ4v) is 1.40. The maximum atomic E-state index is 12.1. The van der Waals surface area contributed by atoms with Crippen LogP contribution in [0.15, 0.2) is 23.3 Å². The van der Waals surface area contributed by atoms with E-state index in [2.05, 4.69) is 9.47 Å². The van der Waals surface area contributed by atoms with Gasteiger partial charge in [-0.1, -0.05) is 17.2 Å². The second kappa shape index (κ2) is 9.19. The Labute approximate surface area is 125 Å². The van der Waals surface area contributed by atoms with Crippen LogP contribution < -0.4 is 0 Å². The normalized spacial score (nSPS) is 13.6. The Hall–Kier alpha value is -1.02. The number of allylic oxidation sites excluding steroid dienone is 3. The van der Waals surface area contributed by atoms with Crippen LogP contribution in [0.5, 0.6) is 0 Å². The Morgan fingerprint density at radius 3 is 1.73 bits per heavy atom. The molecule has 8 heteroatoms. The molecule has 0 heterocycles. The minimum Gasteiger partial charge on any atom is -0.340 e. The molecule has 22 heavy (non-hydrogen) atoms. The average molecular weight is 334 g/mol. The molecular weight excluding hydrogens is 314 g/mol. The van der Waals surface area contributed by atoms with Crippen LogP contribution in [0.1, 0.15) is 33.6 Å². The Kier molecular flexibility index (Phi) is 8.77.